The molecular formula is C21H25N3O2S. The second-order valence-electron chi connectivity index (χ2n) is 6.35. The molecule has 2 aromatic carbocycles. The van der Waals surface area contributed by atoms with Gasteiger partial charge in [-0.2, -0.15) is 5.10 Å². The first-order valence-electron chi connectivity index (χ1n) is 9.11. The molecule has 0 bridgehead atoms. The SMILES string of the molecule is NC(=NN=Cc1ccc(COCC2CCCO2)cc1)SCc1ccccc1. The molecule has 0 aliphatic carbocycles. The van der Waals surface area contributed by atoms with E-state index in [1.807, 2.05) is 42.5 Å². The first-order chi connectivity index (χ1) is 13.3. The van der Waals surface area contributed by atoms with Crippen molar-refractivity contribution in [1.29, 1.82) is 0 Å². The number of thioether (sulfide) groups is 1. The van der Waals surface area contributed by atoms with Crippen LogP contribution in [0.15, 0.2) is 64.8 Å². The molecule has 1 heterocycles. The summed E-state index contributed by atoms with van der Waals surface area (Å²) in [4.78, 5) is 0. The highest BCUT2D eigenvalue weighted by atomic mass is 32.2. The van der Waals surface area contributed by atoms with E-state index < -0.39 is 0 Å². The number of benzene rings is 2. The van der Waals surface area contributed by atoms with Gasteiger partial charge in [0.15, 0.2) is 5.17 Å². The summed E-state index contributed by atoms with van der Waals surface area (Å²) in [5, 5.41) is 8.56. The molecule has 1 unspecified atom stereocenters. The van der Waals surface area contributed by atoms with Gasteiger partial charge in [0.1, 0.15) is 0 Å². The van der Waals surface area contributed by atoms with E-state index in [4.69, 9.17) is 15.2 Å². The minimum absolute atomic E-state index is 0.263. The van der Waals surface area contributed by atoms with Gasteiger partial charge in [-0.3, -0.25) is 0 Å². The van der Waals surface area contributed by atoms with E-state index in [9.17, 15) is 0 Å². The van der Waals surface area contributed by atoms with Crippen LogP contribution in [0.4, 0.5) is 0 Å². The Morgan fingerprint density at radius 2 is 1.96 bits per heavy atom. The number of ether oxygens (including phenoxy) is 2. The molecule has 0 radical (unpaired) electrons. The van der Waals surface area contributed by atoms with Gasteiger partial charge in [-0.05, 0) is 29.5 Å². The molecule has 0 amide bonds. The maximum absolute atomic E-state index is 5.89. The Morgan fingerprint density at radius 1 is 1.15 bits per heavy atom. The Morgan fingerprint density at radius 3 is 2.70 bits per heavy atom. The molecule has 142 valence electrons. The highest BCUT2D eigenvalue weighted by Crippen LogP contribution is 2.13. The van der Waals surface area contributed by atoms with Gasteiger partial charge in [-0.1, -0.05) is 66.4 Å². The summed E-state index contributed by atoms with van der Waals surface area (Å²) in [6.45, 7) is 2.12. The predicted octanol–water partition coefficient (Wildman–Crippen LogP) is 3.96. The summed E-state index contributed by atoms with van der Waals surface area (Å²) >= 11 is 1.47. The first kappa shape index (κ1) is 19.6. The highest BCUT2D eigenvalue weighted by Gasteiger charge is 2.15. The van der Waals surface area contributed by atoms with Crippen molar-refractivity contribution in [3.8, 4) is 0 Å². The lowest BCUT2D eigenvalue weighted by molar-refractivity contribution is 0.0106. The van der Waals surface area contributed by atoms with Crippen molar-refractivity contribution in [3.63, 3.8) is 0 Å². The molecule has 2 aromatic rings. The molecule has 0 aromatic heterocycles. The largest absolute Gasteiger partial charge is 0.377 e. The van der Waals surface area contributed by atoms with Gasteiger partial charge >= 0.3 is 0 Å². The van der Waals surface area contributed by atoms with Crippen molar-refractivity contribution in [1.82, 2.24) is 0 Å². The van der Waals surface area contributed by atoms with Gasteiger partial charge < -0.3 is 15.2 Å². The summed E-state index contributed by atoms with van der Waals surface area (Å²) in [7, 11) is 0. The molecule has 0 saturated carbocycles. The monoisotopic (exact) mass is 383 g/mol. The molecule has 1 fully saturated rings. The summed E-state index contributed by atoms with van der Waals surface area (Å²) in [5.41, 5.74) is 9.20. The van der Waals surface area contributed by atoms with Crippen LogP contribution in [-0.2, 0) is 21.8 Å². The molecule has 3 rings (SSSR count). The molecule has 27 heavy (non-hydrogen) atoms. The van der Waals surface area contributed by atoms with Crippen LogP contribution in [0.5, 0.6) is 0 Å². The number of rotatable bonds is 8. The first-order valence-corrected chi connectivity index (χ1v) is 10.1. The molecule has 5 nitrogen and oxygen atoms in total. The van der Waals surface area contributed by atoms with Crippen LogP contribution >= 0.6 is 11.8 Å². The van der Waals surface area contributed by atoms with Crippen LogP contribution in [0.3, 0.4) is 0 Å². The van der Waals surface area contributed by atoms with E-state index in [-0.39, 0.29) is 6.10 Å². The van der Waals surface area contributed by atoms with E-state index in [0.717, 1.165) is 36.3 Å². The van der Waals surface area contributed by atoms with E-state index in [2.05, 4.69) is 22.3 Å². The Hall–Kier alpha value is -2.15. The Kier molecular flexibility index (Phi) is 7.89. The van der Waals surface area contributed by atoms with Crippen LogP contribution in [0.1, 0.15) is 29.5 Å². The molecule has 2 N–H and O–H groups in total. The third kappa shape index (κ3) is 7.17. The average molecular weight is 384 g/mol. The number of hydrogen-bond donors (Lipinski definition) is 1. The number of hydrogen-bond acceptors (Lipinski definition) is 5. The zero-order valence-electron chi connectivity index (χ0n) is 15.3. The van der Waals surface area contributed by atoms with Gasteiger partial charge in [0.25, 0.3) is 0 Å². The highest BCUT2D eigenvalue weighted by molar-refractivity contribution is 8.13. The summed E-state index contributed by atoms with van der Waals surface area (Å²) in [6.07, 6.45) is 4.20. The molecule has 1 atom stereocenters. The van der Waals surface area contributed by atoms with Crippen LogP contribution < -0.4 is 5.73 Å². The van der Waals surface area contributed by atoms with Crippen LogP contribution in [-0.4, -0.2) is 30.7 Å². The lowest BCUT2D eigenvalue weighted by Crippen LogP contribution is -2.13. The molecule has 1 aliphatic rings. The van der Waals surface area contributed by atoms with Gasteiger partial charge in [0, 0.05) is 12.4 Å². The lowest BCUT2D eigenvalue weighted by Gasteiger charge is -2.10. The maximum atomic E-state index is 5.89. The average Bonchev–Trinajstić information content (AvgIpc) is 3.22. The van der Waals surface area contributed by atoms with Crippen molar-refractivity contribution in [3.05, 3.63) is 71.3 Å². The topological polar surface area (TPSA) is 69.2 Å². The predicted molar refractivity (Wildman–Crippen MR) is 112 cm³/mol. The van der Waals surface area contributed by atoms with Gasteiger partial charge in [-0.15, -0.1) is 5.10 Å². The summed E-state index contributed by atoms with van der Waals surface area (Å²) < 4.78 is 11.3. The smallest absolute Gasteiger partial charge is 0.180 e. The minimum Gasteiger partial charge on any atom is -0.377 e. The second kappa shape index (κ2) is 10.9. The van der Waals surface area contributed by atoms with E-state index in [1.165, 1.54) is 17.3 Å². The second-order valence-corrected chi connectivity index (χ2v) is 7.34. The Balaban J connectivity index is 1.40. The van der Waals surface area contributed by atoms with Gasteiger partial charge in [0.2, 0.25) is 0 Å². The van der Waals surface area contributed by atoms with E-state index in [0.29, 0.717) is 18.4 Å². The quantitative estimate of drug-likeness (QED) is 0.425. The Bertz CT molecular complexity index is 742. The molecular weight excluding hydrogens is 358 g/mol. The van der Waals surface area contributed by atoms with Crippen molar-refractivity contribution in [2.75, 3.05) is 13.2 Å². The van der Waals surface area contributed by atoms with E-state index in [1.54, 1.807) is 6.21 Å². The van der Waals surface area contributed by atoms with Crippen molar-refractivity contribution in [2.24, 2.45) is 15.9 Å². The minimum atomic E-state index is 0.263. The van der Waals surface area contributed by atoms with Gasteiger partial charge in [-0.25, -0.2) is 0 Å². The third-order valence-electron chi connectivity index (χ3n) is 4.17. The summed E-state index contributed by atoms with van der Waals surface area (Å²) in [6, 6.07) is 18.2. The molecule has 1 saturated heterocycles. The fourth-order valence-corrected chi connectivity index (χ4v) is 3.31. The van der Waals surface area contributed by atoms with Crippen LogP contribution in [0, 0.1) is 0 Å². The normalized spacial score (nSPS) is 17.6. The number of nitrogens with zero attached hydrogens (tertiary/aromatic N) is 2. The van der Waals surface area contributed by atoms with Crippen molar-refractivity contribution < 1.29 is 9.47 Å². The number of amidine groups is 1. The maximum Gasteiger partial charge on any atom is 0.180 e. The van der Waals surface area contributed by atoms with Crippen LogP contribution in [0.2, 0.25) is 0 Å². The summed E-state index contributed by atoms with van der Waals surface area (Å²) in [5.74, 6) is 0.784. The molecule has 1 aliphatic heterocycles. The van der Waals surface area contributed by atoms with Crippen molar-refractivity contribution in [2.45, 2.75) is 31.3 Å². The van der Waals surface area contributed by atoms with Gasteiger partial charge in [0.05, 0.1) is 25.5 Å². The zero-order chi connectivity index (χ0) is 18.7. The van der Waals surface area contributed by atoms with E-state index >= 15 is 0 Å². The fraction of sp³-hybridized carbons (Fsp3) is 0.333. The lowest BCUT2D eigenvalue weighted by atomic mass is 10.1. The standard InChI is InChI=1S/C21H25N3O2S/c22-21(27-16-19-5-2-1-3-6-19)24-23-13-17-8-10-18(11-9-17)14-25-15-20-7-4-12-26-20/h1-3,5-6,8-11,13,20H,4,7,12,14-16H2,(H2,22,24). The zero-order valence-corrected chi connectivity index (χ0v) is 16.1. The van der Waals surface area contributed by atoms with Crippen molar-refractivity contribution >= 4 is 23.1 Å². The third-order valence-corrected chi connectivity index (χ3v) is 5.02. The number of nitrogens with two attached hydrogens (primary N) is 1. The van der Waals surface area contributed by atoms with Crippen LogP contribution in [0.25, 0.3) is 0 Å². The molecule has 0 spiro atoms. The Labute approximate surface area is 164 Å². The molecule has 6 heteroatoms. The fourth-order valence-electron chi connectivity index (χ4n) is 2.70.